The summed E-state index contributed by atoms with van der Waals surface area (Å²) in [6, 6.07) is 6.69. The Labute approximate surface area is 126 Å². The van der Waals surface area contributed by atoms with Crippen LogP contribution in [0.15, 0.2) is 18.2 Å². The van der Waals surface area contributed by atoms with Crippen LogP contribution in [-0.4, -0.2) is 28.8 Å². The van der Waals surface area contributed by atoms with E-state index in [1.54, 1.807) is 0 Å². The lowest BCUT2D eigenvalue weighted by atomic mass is 9.87. The predicted molar refractivity (Wildman–Crippen MR) is 82.0 cm³/mol. The highest BCUT2D eigenvalue weighted by Gasteiger charge is 2.31. The molecule has 21 heavy (non-hydrogen) atoms. The van der Waals surface area contributed by atoms with Crippen LogP contribution in [0.25, 0.3) is 0 Å². The van der Waals surface area contributed by atoms with Crippen molar-refractivity contribution < 1.29 is 9.53 Å². The molecular weight excluding hydrogens is 266 g/mol. The highest BCUT2D eigenvalue weighted by atomic mass is 16.6. The summed E-state index contributed by atoms with van der Waals surface area (Å²) in [5.41, 5.74) is 1.65. The molecule has 0 radical (unpaired) electrons. The molecule has 1 aliphatic rings. The number of alkyl carbamates (subject to hydrolysis) is 1. The van der Waals surface area contributed by atoms with Gasteiger partial charge in [-0.15, -0.1) is 0 Å². The van der Waals surface area contributed by atoms with Crippen molar-refractivity contribution >= 4 is 6.09 Å². The maximum Gasteiger partial charge on any atom is 0.407 e. The van der Waals surface area contributed by atoms with Crippen molar-refractivity contribution in [3.63, 3.8) is 0 Å². The minimum absolute atomic E-state index is 0.211. The van der Waals surface area contributed by atoms with Gasteiger partial charge in [0.05, 0.1) is 5.69 Å². The van der Waals surface area contributed by atoms with Gasteiger partial charge in [-0.1, -0.05) is 6.07 Å². The number of carbonyl (C=O) groups excluding carboxylic acids is 1. The Morgan fingerprint density at radius 2 is 2.05 bits per heavy atom. The molecule has 116 valence electrons. The quantitative estimate of drug-likeness (QED) is 0.895. The minimum atomic E-state index is -0.442. The summed E-state index contributed by atoms with van der Waals surface area (Å²) in [6.45, 7) is 8.37. The van der Waals surface area contributed by atoms with Crippen LogP contribution < -0.4 is 10.6 Å². The Hall–Kier alpha value is -1.62. The Morgan fingerprint density at radius 3 is 2.67 bits per heavy atom. The third-order valence-electron chi connectivity index (χ3n) is 3.38. The largest absolute Gasteiger partial charge is 0.444 e. The standard InChI is InChI=1S/C16H25N3O2/c1-11-6-5-7-12(18-11)10-17-13-8-14(9-13)19-15(20)21-16(2,3)4/h5-7,13-14,17H,8-10H2,1-4H3,(H,19,20). The number of hydrogen-bond acceptors (Lipinski definition) is 4. The van der Waals surface area contributed by atoms with Gasteiger partial charge in [-0.3, -0.25) is 4.98 Å². The van der Waals surface area contributed by atoms with Crippen molar-refractivity contribution in [1.82, 2.24) is 15.6 Å². The molecule has 1 fully saturated rings. The van der Waals surface area contributed by atoms with Crippen LogP contribution in [0.1, 0.15) is 45.0 Å². The first-order valence-corrected chi connectivity index (χ1v) is 7.47. The first-order chi connectivity index (χ1) is 9.82. The minimum Gasteiger partial charge on any atom is -0.444 e. The van der Waals surface area contributed by atoms with Gasteiger partial charge >= 0.3 is 6.09 Å². The lowest BCUT2D eigenvalue weighted by Gasteiger charge is -2.36. The van der Waals surface area contributed by atoms with Crippen LogP contribution in [-0.2, 0) is 11.3 Å². The van der Waals surface area contributed by atoms with Crippen molar-refractivity contribution in [1.29, 1.82) is 0 Å². The van der Waals surface area contributed by atoms with Gasteiger partial charge in [0.25, 0.3) is 0 Å². The first-order valence-electron chi connectivity index (χ1n) is 7.47. The Kier molecular flexibility index (Phi) is 4.83. The fourth-order valence-corrected chi connectivity index (χ4v) is 2.32. The van der Waals surface area contributed by atoms with Gasteiger partial charge in [0, 0.05) is 24.3 Å². The van der Waals surface area contributed by atoms with E-state index in [9.17, 15) is 4.79 Å². The Balaban J connectivity index is 1.64. The fourth-order valence-electron chi connectivity index (χ4n) is 2.32. The topological polar surface area (TPSA) is 63.2 Å². The van der Waals surface area contributed by atoms with Crippen molar-refractivity contribution in [2.75, 3.05) is 0 Å². The molecule has 0 saturated heterocycles. The molecule has 0 aliphatic heterocycles. The van der Waals surface area contributed by atoms with E-state index >= 15 is 0 Å². The smallest absolute Gasteiger partial charge is 0.407 e. The second kappa shape index (κ2) is 6.43. The normalized spacial score (nSPS) is 21.5. The van der Waals surface area contributed by atoms with Crippen molar-refractivity contribution in [3.8, 4) is 0 Å². The highest BCUT2D eigenvalue weighted by molar-refractivity contribution is 5.68. The maximum atomic E-state index is 11.6. The van der Waals surface area contributed by atoms with Gasteiger partial charge in [0.1, 0.15) is 5.60 Å². The Bertz CT molecular complexity index is 491. The monoisotopic (exact) mass is 291 g/mol. The molecule has 1 aromatic heterocycles. The van der Waals surface area contributed by atoms with Gasteiger partial charge in [0.15, 0.2) is 0 Å². The van der Waals surface area contributed by atoms with Gasteiger partial charge in [-0.2, -0.15) is 0 Å². The zero-order valence-electron chi connectivity index (χ0n) is 13.3. The van der Waals surface area contributed by atoms with Gasteiger partial charge in [-0.05, 0) is 52.7 Å². The van der Waals surface area contributed by atoms with E-state index in [1.165, 1.54) is 0 Å². The number of nitrogens with zero attached hydrogens (tertiary/aromatic N) is 1. The van der Waals surface area contributed by atoms with E-state index in [1.807, 2.05) is 45.9 Å². The molecule has 2 N–H and O–H groups in total. The zero-order valence-corrected chi connectivity index (χ0v) is 13.3. The molecule has 1 aliphatic carbocycles. The lowest BCUT2D eigenvalue weighted by molar-refractivity contribution is 0.0465. The molecule has 1 heterocycles. The van der Waals surface area contributed by atoms with Crippen molar-refractivity contribution in [2.45, 2.75) is 64.8 Å². The number of pyridine rings is 1. The Morgan fingerprint density at radius 1 is 1.33 bits per heavy atom. The summed E-state index contributed by atoms with van der Waals surface area (Å²) in [6.07, 6.45) is 1.54. The van der Waals surface area contributed by atoms with Crippen LogP contribution in [0, 0.1) is 6.92 Å². The second-order valence-corrected chi connectivity index (χ2v) is 6.66. The van der Waals surface area contributed by atoms with Crippen LogP contribution in [0.2, 0.25) is 0 Å². The van der Waals surface area contributed by atoms with E-state index in [4.69, 9.17) is 4.74 Å². The number of aryl methyl sites for hydroxylation is 1. The van der Waals surface area contributed by atoms with Crippen molar-refractivity contribution in [2.24, 2.45) is 0 Å². The van der Waals surface area contributed by atoms with E-state index in [2.05, 4.69) is 15.6 Å². The summed E-state index contributed by atoms with van der Waals surface area (Å²) in [5.74, 6) is 0. The highest BCUT2D eigenvalue weighted by Crippen LogP contribution is 2.21. The molecular formula is C16H25N3O2. The number of hydrogen-bond donors (Lipinski definition) is 2. The average Bonchev–Trinajstić information content (AvgIpc) is 2.29. The molecule has 0 atom stereocenters. The molecule has 1 amide bonds. The first kappa shape index (κ1) is 15.8. The van der Waals surface area contributed by atoms with E-state index in [-0.39, 0.29) is 12.1 Å². The summed E-state index contributed by atoms with van der Waals surface area (Å²) < 4.78 is 5.24. The van der Waals surface area contributed by atoms with Gasteiger partial charge < -0.3 is 15.4 Å². The van der Waals surface area contributed by atoms with Gasteiger partial charge in [-0.25, -0.2) is 4.79 Å². The third-order valence-corrected chi connectivity index (χ3v) is 3.38. The molecule has 1 aromatic rings. The SMILES string of the molecule is Cc1cccc(CNC2CC(NC(=O)OC(C)(C)C)C2)n1. The predicted octanol–water partition coefficient (Wildman–Crippen LogP) is 2.54. The molecule has 0 bridgehead atoms. The summed E-state index contributed by atoms with van der Waals surface area (Å²) in [5, 5.41) is 6.35. The van der Waals surface area contributed by atoms with Crippen molar-refractivity contribution in [3.05, 3.63) is 29.6 Å². The van der Waals surface area contributed by atoms with E-state index in [0.29, 0.717) is 6.04 Å². The summed E-state index contributed by atoms with van der Waals surface area (Å²) >= 11 is 0. The summed E-state index contributed by atoms with van der Waals surface area (Å²) in [4.78, 5) is 16.1. The van der Waals surface area contributed by atoms with Gasteiger partial charge in [0.2, 0.25) is 0 Å². The van der Waals surface area contributed by atoms with Crippen LogP contribution >= 0.6 is 0 Å². The molecule has 2 rings (SSSR count). The average molecular weight is 291 g/mol. The maximum absolute atomic E-state index is 11.6. The molecule has 0 spiro atoms. The van der Waals surface area contributed by atoms with E-state index in [0.717, 1.165) is 30.8 Å². The third kappa shape index (κ3) is 5.34. The van der Waals surface area contributed by atoms with Crippen LogP contribution in [0.5, 0.6) is 0 Å². The number of aromatic nitrogens is 1. The second-order valence-electron chi connectivity index (χ2n) is 6.66. The number of amides is 1. The number of rotatable bonds is 4. The molecule has 0 unspecified atom stereocenters. The zero-order chi connectivity index (χ0) is 15.5. The van der Waals surface area contributed by atoms with E-state index < -0.39 is 5.60 Å². The van der Waals surface area contributed by atoms with Crippen LogP contribution in [0.3, 0.4) is 0 Å². The number of nitrogens with one attached hydrogen (secondary N) is 2. The molecule has 0 aromatic carbocycles. The van der Waals surface area contributed by atoms with Crippen LogP contribution in [0.4, 0.5) is 4.79 Å². The fraction of sp³-hybridized carbons (Fsp3) is 0.625. The lowest BCUT2D eigenvalue weighted by Crippen LogP contribution is -2.53. The molecule has 5 nitrogen and oxygen atoms in total. The molecule has 1 saturated carbocycles. The number of ether oxygens (including phenoxy) is 1. The molecule has 5 heteroatoms. The number of carbonyl (C=O) groups is 1. The summed E-state index contributed by atoms with van der Waals surface area (Å²) in [7, 11) is 0.